The summed E-state index contributed by atoms with van der Waals surface area (Å²) in [5.41, 5.74) is 4.37. The van der Waals surface area contributed by atoms with Gasteiger partial charge in [-0.3, -0.25) is 4.79 Å². The zero-order valence-corrected chi connectivity index (χ0v) is 13.6. The van der Waals surface area contributed by atoms with Crippen molar-refractivity contribution in [1.29, 1.82) is 0 Å². The van der Waals surface area contributed by atoms with E-state index in [0.717, 1.165) is 0 Å². The molecule has 0 spiro atoms. The normalized spacial score (nSPS) is 11.7. The van der Waals surface area contributed by atoms with Crippen LogP contribution in [0, 0.1) is 29.1 Å². The van der Waals surface area contributed by atoms with Crippen LogP contribution in [-0.2, 0) is 22.6 Å². The molecule has 0 aliphatic carbocycles. The molecule has 0 saturated carbocycles. The maximum atomic E-state index is 13.7. The van der Waals surface area contributed by atoms with E-state index in [0.29, 0.717) is 5.56 Å². The fourth-order valence-electron chi connectivity index (χ4n) is 2.16. The molecule has 1 atom stereocenters. The van der Waals surface area contributed by atoms with Crippen LogP contribution in [-0.4, -0.2) is 18.0 Å². The van der Waals surface area contributed by atoms with Gasteiger partial charge in [0.2, 0.25) is 11.7 Å². The molecule has 0 aliphatic heterocycles. The van der Waals surface area contributed by atoms with Gasteiger partial charge >= 0.3 is 6.09 Å². The van der Waals surface area contributed by atoms with Gasteiger partial charge in [0.25, 0.3) is 0 Å². The fourth-order valence-corrected chi connectivity index (χ4v) is 2.16. The molecule has 1 unspecified atom stereocenters. The SMILES string of the molecule is NC(=O)C(Cc1c(F)c(F)c(F)c(F)c1F)NC(=O)OCc1ccccc1. The molecular formula is C17H13F5N2O3. The Kier molecular flexibility index (Phi) is 6.32. The highest BCUT2D eigenvalue weighted by Gasteiger charge is 2.29. The van der Waals surface area contributed by atoms with Crippen molar-refractivity contribution in [2.45, 2.75) is 19.1 Å². The molecule has 0 bridgehead atoms. The molecule has 0 saturated heterocycles. The number of alkyl carbamates (subject to hydrolysis) is 1. The summed E-state index contributed by atoms with van der Waals surface area (Å²) in [6.07, 6.45) is -2.21. The number of ether oxygens (including phenoxy) is 1. The second kappa shape index (κ2) is 8.47. The van der Waals surface area contributed by atoms with Crippen molar-refractivity contribution in [3.63, 3.8) is 0 Å². The maximum Gasteiger partial charge on any atom is 0.408 e. The van der Waals surface area contributed by atoms with Crippen molar-refractivity contribution < 1.29 is 36.3 Å². The lowest BCUT2D eigenvalue weighted by Crippen LogP contribution is -2.46. The molecule has 2 aromatic rings. The number of benzene rings is 2. The summed E-state index contributed by atoms with van der Waals surface area (Å²) in [5, 5.41) is 1.94. The van der Waals surface area contributed by atoms with Crippen molar-refractivity contribution in [2.75, 3.05) is 0 Å². The molecule has 2 rings (SSSR count). The molecular weight excluding hydrogens is 375 g/mol. The molecule has 0 fully saturated rings. The van der Waals surface area contributed by atoms with Crippen LogP contribution in [0.25, 0.3) is 0 Å². The second-order valence-corrected chi connectivity index (χ2v) is 5.41. The van der Waals surface area contributed by atoms with Gasteiger partial charge in [-0.05, 0) is 5.56 Å². The van der Waals surface area contributed by atoms with Crippen LogP contribution in [0.5, 0.6) is 0 Å². The smallest absolute Gasteiger partial charge is 0.408 e. The van der Waals surface area contributed by atoms with E-state index >= 15 is 0 Å². The first-order chi connectivity index (χ1) is 12.7. The van der Waals surface area contributed by atoms with Crippen molar-refractivity contribution in [3.05, 3.63) is 70.5 Å². The van der Waals surface area contributed by atoms with E-state index in [1.54, 1.807) is 30.3 Å². The Bertz CT molecular complexity index is 832. The van der Waals surface area contributed by atoms with Crippen LogP contribution in [0.15, 0.2) is 30.3 Å². The molecule has 2 amide bonds. The minimum atomic E-state index is -2.33. The van der Waals surface area contributed by atoms with Gasteiger partial charge < -0.3 is 15.8 Å². The molecule has 0 radical (unpaired) electrons. The number of carbonyl (C=O) groups excluding carboxylic acids is 2. The van der Waals surface area contributed by atoms with Crippen molar-refractivity contribution >= 4 is 12.0 Å². The predicted molar refractivity (Wildman–Crippen MR) is 82.7 cm³/mol. The third kappa shape index (κ3) is 4.72. The zero-order valence-electron chi connectivity index (χ0n) is 13.6. The summed E-state index contributed by atoms with van der Waals surface area (Å²) < 4.78 is 71.8. The number of rotatable bonds is 6. The maximum absolute atomic E-state index is 13.7. The van der Waals surface area contributed by atoms with Gasteiger partial charge in [0.1, 0.15) is 12.6 Å². The van der Waals surface area contributed by atoms with Gasteiger partial charge in [-0.2, -0.15) is 0 Å². The number of hydrogen-bond acceptors (Lipinski definition) is 3. The van der Waals surface area contributed by atoms with Gasteiger partial charge in [0.15, 0.2) is 23.3 Å². The average molecular weight is 388 g/mol. The Morgan fingerprint density at radius 2 is 1.44 bits per heavy atom. The van der Waals surface area contributed by atoms with Crippen LogP contribution in [0.2, 0.25) is 0 Å². The lowest BCUT2D eigenvalue weighted by atomic mass is 10.0. The number of nitrogens with two attached hydrogens (primary N) is 1. The molecule has 0 heterocycles. The molecule has 10 heteroatoms. The quantitative estimate of drug-likeness (QED) is 0.454. The Morgan fingerprint density at radius 1 is 0.926 bits per heavy atom. The average Bonchev–Trinajstić information content (AvgIpc) is 2.66. The van der Waals surface area contributed by atoms with E-state index in [2.05, 4.69) is 0 Å². The first-order valence-corrected chi connectivity index (χ1v) is 7.49. The van der Waals surface area contributed by atoms with Crippen LogP contribution < -0.4 is 11.1 Å². The van der Waals surface area contributed by atoms with Crippen molar-refractivity contribution in [3.8, 4) is 0 Å². The molecule has 144 valence electrons. The van der Waals surface area contributed by atoms with Crippen LogP contribution in [0.3, 0.4) is 0 Å². The first kappa shape index (κ1) is 20.1. The number of primary amides is 1. The lowest BCUT2D eigenvalue weighted by molar-refractivity contribution is -0.119. The van der Waals surface area contributed by atoms with E-state index < -0.39 is 59.1 Å². The second-order valence-electron chi connectivity index (χ2n) is 5.41. The van der Waals surface area contributed by atoms with Gasteiger partial charge in [-0.15, -0.1) is 0 Å². The predicted octanol–water partition coefficient (Wildman–Crippen LogP) is 2.70. The lowest BCUT2D eigenvalue weighted by Gasteiger charge is -2.17. The van der Waals surface area contributed by atoms with Gasteiger partial charge in [0, 0.05) is 12.0 Å². The molecule has 3 N–H and O–H groups in total. The molecule has 5 nitrogen and oxygen atoms in total. The Morgan fingerprint density at radius 3 is 1.96 bits per heavy atom. The largest absolute Gasteiger partial charge is 0.445 e. The zero-order chi connectivity index (χ0) is 20.1. The number of hydrogen-bond donors (Lipinski definition) is 2. The molecule has 27 heavy (non-hydrogen) atoms. The first-order valence-electron chi connectivity index (χ1n) is 7.49. The highest BCUT2D eigenvalue weighted by molar-refractivity contribution is 5.84. The highest BCUT2D eigenvalue weighted by Crippen LogP contribution is 2.24. The fraction of sp³-hybridized carbons (Fsp3) is 0.176. The van der Waals surface area contributed by atoms with Gasteiger partial charge in [0.05, 0.1) is 0 Å². The summed E-state index contributed by atoms with van der Waals surface area (Å²) in [6, 6.07) is 6.64. The standard InChI is InChI=1S/C17H13F5N2O3/c18-11-9(12(19)14(21)15(22)13(11)20)6-10(16(23)25)24-17(26)27-7-8-4-2-1-3-5-8/h1-5,10H,6-7H2,(H2,23,25)(H,24,26). The van der Waals surface area contributed by atoms with Crippen LogP contribution in [0.1, 0.15) is 11.1 Å². The summed E-state index contributed by atoms with van der Waals surface area (Å²) in [6.45, 7) is -0.180. The van der Waals surface area contributed by atoms with Crippen LogP contribution >= 0.6 is 0 Å². The number of halogens is 5. The summed E-state index contributed by atoms with van der Waals surface area (Å²) in [5.74, 6) is -12.2. The van der Waals surface area contributed by atoms with E-state index in [9.17, 15) is 31.5 Å². The minimum Gasteiger partial charge on any atom is -0.445 e. The van der Waals surface area contributed by atoms with E-state index in [1.165, 1.54) is 0 Å². The van der Waals surface area contributed by atoms with Gasteiger partial charge in [-0.25, -0.2) is 26.7 Å². The Balaban J connectivity index is 2.12. The monoisotopic (exact) mass is 388 g/mol. The highest BCUT2D eigenvalue weighted by atomic mass is 19.2. The molecule has 2 aromatic carbocycles. The number of nitrogens with one attached hydrogen (secondary N) is 1. The minimum absolute atomic E-state index is 0.180. The number of carbonyl (C=O) groups is 2. The topological polar surface area (TPSA) is 81.4 Å². The third-order valence-corrected chi connectivity index (χ3v) is 3.56. The van der Waals surface area contributed by atoms with E-state index in [4.69, 9.17) is 10.5 Å². The van der Waals surface area contributed by atoms with Gasteiger partial charge in [-0.1, -0.05) is 30.3 Å². The Labute approximate surface area is 149 Å². The molecule has 0 aromatic heterocycles. The van der Waals surface area contributed by atoms with Crippen molar-refractivity contribution in [1.82, 2.24) is 5.32 Å². The van der Waals surface area contributed by atoms with Crippen LogP contribution in [0.4, 0.5) is 26.7 Å². The Hall–Kier alpha value is -3.17. The third-order valence-electron chi connectivity index (χ3n) is 3.56. The number of amides is 2. The summed E-state index contributed by atoms with van der Waals surface area (Å²) in [4.78, 5) is 23.2. The van der Waals surface area contributed by atoms with E-state index in [1.807, 2.05) is 5.32 Å². The van der Waals surface area contributed by atoms with Crippen molar-refractivity contribution in [2.24, 2.45) is 5.73 Å². The summed E-state index contributed by atoms with van der Waals surface area (Å²) in [7, 11) is 0. The molecule has 0 aliphatic rings. The van der Waals surface area contributed by atoms with E-state index in [-0.39, 0.29) is 6.61 Å². The summed E-state index contributed by atoms with van der Waals surface area (Å²) >= 11 is 0.